The first-order valence-corrected chi connectivity index (χ1v) is 4.74. The smallest absolute Gasteiger partial charge is 0.186 e. The Bertz CT molecular complexity index is 442. The monoisotopic (exact) mass is 243 g/mol. The SMILES string of the molecule is N#CC(C#N)[CH-]C(C#N)[N+](=O)[O-].c1cc[nH+]cc1. The zero-order valence-electron chi connectivity index (χ0n) is 9.22. The number of hydrogen-bond donors (Lipinski definition) is 0. The summed E-state index contributed by atoms with van der Waals surface area (Å²) in [6.45, 7) is 0. The van der Waals surface area contributed by atoms with Crippen LogP contribution in [0, 0.1) is 56.4 Å². The quantitative estimate of drug-likeness (QED) is 0.434. The van der Waals surface area contributed by atoms with Crippen LogP contribution in [0.2, 0.25) is 0 Å². The molecule has 1 rings (SSSR count). The van der Waals surface area contributed by atoms with Crippen molar-refractivity contribution >= 4 is 0 Å². The normalized spacial score (nSPS) is 9.89. The first-order chi connectivity index (χ1) is 8.65. The number of pyridine rings is 1. The Hall–Kier alpha value is -2.98. The van der Waals surface area contributed by atoms with Gasteiger partial charge in [-0.2, -0.15) is 15.8 Å². The molecule has 0 spiro atoms. The van der Waals surface area contributed by atoms with Crippen molar-refractivity contribution < 1.29 is 9.91 Å². The Labute approximate surface area is 104 Å². The molecule has 7 nitrogen and oxygen atoms in total. The average Bonchev–Trinajstić information content (AvgIpc) is 2.42. The molecule has 1 aromatic rings. The Morgan fingerprint density at radius 1 is 1.11 bits per heavy atom. The fourth-order valence-electron chi connectivity index (χ4n) is 0.800. The maximum atomic E-state index is 10.0. The molecule has 0 aromatic carbocycles. The lowest BCUT2D eigenvalue weighted by Gasteiger charge is -2.10. The topological polar surface area (TPSA) is 129 Å². The number of nitrogens with one attached hydrogen (secondary N) is 1. The molecule has 7 heteroatoms. The van der Waals surface area contributed by atoms with Crippen molar-refractivity contribution in [1.82, 2.24) is 0 Å². The highest BCUT2D eigenvalue weighted by molar-refractivity contribution is 5.13. The number of nitriles is 3. The first-order valence-electron chi connectivity index (χ1n) is 4.74. The molecule has 0 radical (unpaired) electrons. The van der Waals surface area contributed by atoms with E-state index in [0.29, 0.717) is 0 Å². The molecule has 0 aliphatic carbocycles. The van der Waals surface area contributed by atoms with Crippen molar-refractivity contribution in [3.05, 3.63) is 47.1 Å². The minimum atomic E-state index is -1.59. The van der Waals surface area contributed by atoms with E-state index in [2.05, 4.69) is 4.98 Å². The lowest BCUT2D eigenvalue weighted by molar-refractivity contribution is -0.498. The van der Waals surface area contributed by atoms with E-state index < -0.39 is 16.9 Å². The molecule has 18 heavy (non-hydrogen) atoms. The molecule has 90 valence electrons. The Balaban J connectivity index is 0.000000397. The van der Waals surface area contributed by atoms with Crippen molar-refractivity contribution in [3.8, 4) is 18.2 Å². The molecule has 1 unspecified atom stereocenters. The summed E-state index contributed by atoms with van der Waals surface area (Å²) in [6.07, 6.45) is 4.54. The summed E-state index contributed by atoms with van der Waals surface area (Å²) in [7, 11) is 0. The van der Waals surface area contributed by atoms with Crippen LogP contribution in [0.5, 0.6) is 0 Å². The number of rotatable bonds is 3. The zero-order chi connectivity index (χ0) is 13.8. The minimum Gasteiger partial charge on any atom is -0.266 e. The fourth-order valence-corrected chi connectivity index (χ4v) is 0.800. The Kier molecular flexibility index (Phi) is 7.73. The molecular formula is C11H9N5O2. The van der Waals surface area contributed by atoms with Gasteiger partial charge in [-0.1, -0.05) is 6.07 Å². The van der Waals surface area contributed by atoms with Crippen LogP contribution in [-0.2, 0) is 0 Å². The van der Waals surface area contributed by atoms with Crippen LogP contribution in [-0.4, -0.2) is 11.0 Å². The van der Waals surface area contributed by atoms with E-state index >= 15 is 0 Å². The summed E-state index contributed by atoms with van der Waals surface area (Å²) in [5.41, 5.74) is 0. The Morgan fingerprint density at radius 2 is 1.67 bits per heavy atom. The van der Waals surface area contributed by atoms with Crippen molar-refractivity contribution in [1.29, 1.82) is 15.8 Å². The van der Waals surface area contributed by atoms with Gasteiger partial charge in [0, 0.05) is 35.1 Å². The van der Waals surface area contributed by atoms with Crippen molar-refractivity contribution in [2.24, 2.45) is 5.92 Å². The van der Waals surface area contributed by atoms with E-state index in [1.54, 1.807) is 0 Å². The zero-order valence-corrected chi connectivity index (χ0v) is 9.22. The van der Waals surface area contributed by atoms with Crippen LogP contribution in [0.4, 0.5) is 0 Å². The van der Waals surface area contributed by atoms with Gasteiger partial charge in [0.2, 0.25) is 0 Å². The van der Waals surface area contributed by atoms with Gasteiger partial charge in [-0.05, 0) is 0 Å². The molecule has 0 amide bonds. The van der Waals surface area contributed by atoms with E-state index in [1.807, 2.05) is 30.6 Å². The third-order valence-electron chi connectivity index (χ3n) is 1.62. The molecular weight excluding hydrogens is 234 g/mol. The maximum Gasteiger partial charge on any atom is 0.186 e. The first kappa shape index (κ1) is 15.0. The van der Waals surface area contributed by atoms with Gasteiger partial charge >= 0.3 is 0 Å². The fraction of sp³-hybridized carbons (Fsp3) is 0.182. The van der Waals surface area contributed by atoms with Crippen LogP contribution in [0.3, 0.4) is 0 Å². The number of nitrogens with zero attached hydrogens (tertiary/aromatic N) is 4. The summed E-state index contributed by atoms with van der Waals surface area (Å²) < 4.78 is 0. The molecule has 0 saturated heterocycles. The van der Waals surface area contributed by atoms with Crippen molar-refractivity contribution in [2.75, 3.05) is 0 Å². The molecule has 1 atom stereocenters. The summed E-state index contributed by atoms with van der Waals surface area (Å²) >= 11 is 0. The van der Waals surface area contributed by atoms with Gasteiger partial charge in [-0.15, -0.1) is 0 Å². The second kappa shape index (κ2) is 9.26. The third-order valence-corrected chi connectivity index (χ3v) is 1.62. The standard InChI is InChI=1S/C6H3N4O2.C5H5N/c7-2-5(3-8)1-6(4-9)10(11)12;1-2-4-6-5-3-1/h1,5-6H;1-5H/q-1;/p+1. The third kappa shape index (κ3) is 6.49. The molecule has 0 saturated carbocycles. The van der Waals surface area contributed by atoms with Gasteiger partial charge in [0.05, 0.1) is 0 Å². The molecule has 0 bridgehead atoms. The van der Waals surface area contributed by atoms with Gasteiger partial charge in [-0.3, -0.25) is 10.1 Å². The van der Waals surface area contributed by atoms with Crippen LogP contribution in [0.15, 0.2) is 30.6 Å². The van der Waals surface area contributed by atoms with Gasteiger partial charge in [-0.25, -0.2) is 11.4 Å². The van der Waals surface area contributed by atoms with Crippen LogP contribution in [0.25, 0.3) is 0 Å². The molecule has 0 fully saturated rings. The molecule has 1 heterocycles. The average molecular weight is 243 g/mol. The number of nitro groups is 1. The van der Waals surface area contributed by atoms with E-state index in [0.717, 1.165) is 6.42 Å². The van der Waals surface area contributed by atoms with Gasteiger partial charge in [0.15, 0.2) is 18.4 Å². The largest absolute Gasteiger partial charge is 0.266 e. The predicted octanol–water partition coefficient (Wildman–Crippen LogP) is 0.524. The van der Waals surface area contributed by atoms with E-state index in [-0.39, 0.29) is 0 Å². The van der Waals surface area contributed by atoms with Crippen LogP contribution < -0.4 is 4.98 Å². The second-order valence-corrected chi connectivity index (χ2v) is 2.86. The molecule has 1 aromatic heterocycles. The molecule has 1 N–H and O–H groups in total. The second-order valence-electron chi connectivity index (χ2n) is 2.86. The van der Waals surface area contributed by atoms with E-state index in [1.165, 1.54) is 18.2 Å². The number of H-pyrrole nitrogens is 1. The number of aromatic amines is 1. The summed E-state index contributed by atoms with van der Waals surface area (Å²) in [5.74, 6) is -1.21. The van der Waals surface area contributed by atoms with E-state index in [4.69, 9.17) is 15.8 Å². The summed E-state index contributed by atoms with van der Waals surface area (Å²) in [6, 6.07) is 8.61. The maximum absolute atomic E-state index is 10.0. The lowest BCUT2D eigenvalue weighted by atomic mass is 10.0. The van der Waals surface area contributed by atoms with Gasteiger partial charge in [0.1, 0.15) is 6.07 Å². The van der Waals surface area contributed by atoms with Gasteiger partial charge in [0.25, 0.3) is 0 Å². The molecule has 0 aliphatic heterocycles. The highest BCUT2D eigenvalue weighted by atomic mass is 16.6. The van der Waals surface area contributed by atoms with Crippen molar-refractivity contribution in [2.45, 2.75) is 6.04 Å². The number of aromatic nitrogens is 1. The highest BCUT2D eigenvalue weighted by Crippen LogP contribution is 2.04. The van der Waals surface area contributed by atoms with Crippen molar-refractivity contribution in [3.63, 3.8) is 0 Å². The highest BCUT2D eigenvalue weighted by Gasteiger charge is 2.12. The number of hydrogen-bond acceptors (Lipinski definition) is 5. The van der Waals surface area contributed by atoms with E-state index in [9.17, 15) is 10.1 Å². The predicted molar refractivity (Wildman–Crippen MR) is 58.4 cm³/mol. The van der Waals surface area contributed by atoms with Crippen LogP contribution >= 0.6 is 0 Å². The van der Waals surface area contributed by atoms with Gasteiger partial charge < -0.3 is 0 Å². The lowest BCUT2D eigenvalue weighted by Crippen LogP contribution is -2.20. The molecule has 0 aliphatic rings. The summed E-state index contributed by atoms with van der Waals surface area (Å²) in [5, 5.41) is 34.7. The Morgan fingerprint density at radius 3 is 1.89 bits per heavy atom. The minimum absolute atomic E-state index is 0.792. The summed E-state index contributed by atoms with van der Waals surface area (Å²) in [4.78, 5) is 12.1. The van der Waals surface area contributed by atoms with Crippen LogP contribution in [0.1, 0.15) is 0 Å².